The molecule has 3 rings (SSSR count). The lowest BCUT2D eigenvalue weighted by atomic mass is 10.2. The summed E-state index contributed by atoms with van der Waals surface area (Å²) in [5.41, 5.74) is 0.594. The van der Waals surface area contributed by atoms with Crippen LogP contribution in [0.25, 0.3) is 0 Å². The van der Waals surface area contributed by atoms with E-state index >= 15 is 0 Å². The molecule has 0 radical (unpaired) electrons. The normalized spacial score (nSPS) is 14.5. The molecule has 0 saturated carbocycles. The van der Waals surface area contributed by atoms with Crippen molar-refractivity contribution in [1.29, 1.82) is 0 Å². The Morgan fingerprint density at radius 3 is 2.78 bits per heavy atom. The quantitative estimate of drug-likeness (QED) is 0.799. The van der Waals surface area contributed by atoms with Gasteiger partial charge < -0.3 is 24.4 Å². The highest BCUT2D eigenvalue weighted by Crippen LogP contribution is 2.17. The zero-order valence-corrected chi connectivity index (χ0v) is 14.9. The molecule has 1 saturated heterocycles. The highest BCUT2D eigenvalue weighted by molar-refractivity contribution is 5.74. The Bertz CT molecular complexity index is 763. The first-order valence-corrected chi connectivity index (χ1v) is 8.50. The molecule has 27 heavy (non-hydrogen) atoms. The Balaban J connectivity index is 1.50. The Kier molecular flexibility index (Phi) is 5.99. The summed E-state index contributed by atoms with van der Waals surface area (Å²) >= 11 is 0. The van der Waals surface area contributed by atoms with E-state index in [2.05, 4.69) is 25.4 Å². The Morgan fingerprint density at radius 1 is 1.33 bits per heavy atom. The lowest BCUT2D eigenvalue weighted by Crippen LogP contribution is -2.52. The van der Waals surface area contributed by atoms with Gasteiger partial charge in [0, 0.05) is 51.5 Å². The van der Waals surface area contributed by atoms with E-state index in [-0.39, 0.29) is 18.3 Å². The van der Waals surface area contributed by atoms with Gasteiger partial charge in [-0.15, -0.1) is 10.2 Å². The molecule has 1 N–H and O–H groups in total. The Morgan fingerprint density at radius 2 is 2.11 bits per heavy atom. The fourth-order valence-electron chi connectivity index (χ4n) is 2.79. The summed E-state index contributed by atoms with van der Waals surface area (Å²) < 4.78 is 31.5. The predicted octanol–water partition coefficient (Wildman–Crippen LogP) is 0.886. The molecule has 0 bridgehead atoms. The number of halogens is 2. The summed E-state index contributed by atoms with van der Waals surface area (Å²) in [6.45, 7) is 1.85. The number of aryl methyl sites for hydroxylation is 1. The number of carbonyl (C=O) groups excluding carboxylic acids is 1. The molecule has 0 spiro atoms. The molecule has 1 fully saturated rings. The number of aromatic nitrogens is 4. The molecular weight excluding hydrogens is 360 g/mol. The third-order valence-electron chi connectivity index (χ3n) is 4.20. The molecule has 0 atom stereocenters. The lowest BCUT2D eigenvalue weighted by Gasteiger charge is -2.34. The average molecular weight is 381 g/mol. The van der Waals surface area contributed by atoms with Crippen LogP contribution < -0.4 is 15.0 Å². The molecule has 9 nitrogen and oxygen atoms in total. The Hall–Kier alpha value is -2.98. The van der Waals surface area contributed by atoms with Crippen molar-refractivity contribution in [3.05, 3.63) is 30.4 Å². The fourth-order valence-corrected chi connectivity index (χ4v) is 2.79. The second kappa shape index (κ2) is 8.60. The number of carbonyl (C=O) groups is 1. The number of urea groups is 1. The number of nitrogens with zero attached hydrogens (tertiary/aromatic N) is 6. The fraction of sp³-hybridized carbons (Fsp3) is 0.500. The zero-order valence-electron chi connectivity index (χ0n) is 14.9. The van der Waals surface area contributed by atoms with Crippen LogP contribution in [-0.4, -0.2) is 69.9 Å². The van der Waals surface area contributed by atoms with E-state index in [4.69, 9.17) is 4.74 Å². The highest BCUT2D eigenvalue weighted by atomic mass is 19.3. The van der Waals surface area contributed by atoms with E-state index in [1.807, 2.05) is 11.6 Å². The van der Waals surface area contributed by atoms with Crippen molar-refractivity contribution in [2.45, 2.75) is 13.0 Å². The smallest absolute Gasteiger partial charge is 0.317 e. The van der Waals surface area contributed by atoms with E-state index in [9.17, 15) is 13.6 Å². The number of anilines is 1. The molecule has 2 amide bonds. The zero-order chi connectivity index (χ0) is 19.2. The third kappa shape index (κ3) is 4.80. The van der Waals surface area contributed by atoms with Crippen LogP contribution in [0.1, 0.15) is 5.56 Å². The van der Waals surface area contributed by atoms with E-state index in [1.54, 1.807) is 17.3 Å². The van der Waals surface area contributed by atoms with Crippen molar-refractivity contribution in [2.24, 2.45) is 7.05 Å². The van der Waals surface area contributed by atoms with Gasteiger partial charge in [-0.2, -0.15) is 0 Å². The van der Waals surface area contributed by atoms with Crippen LogP contribution in [0.5, 0.6) is 5.75 Å². The number of nitrogens with one attached hydrogen (secondary N) is 1. The number of pyridine rings is 1. The van der Waals surface area contributed by atoms with Gasteiger partial charge in [0.05, 0.1) is 6.20 Å². The van der Waals surface area contributed by atoms with Gasteiger partial charge in [-0.25, -0.2) is 13.6 Å². The van der Waals surface area contributed by atoms with Crippen LogP contribution >= 0.6 is 0 Å². The summed E-state index contributed by atoms with van der Waals surface area (Å²) in [6, 6.07) is 1.41. The summed E-state index contributed by atoms with van der Waals surface area (Å²) in [7, 11) is 1.87. The largest absolute Gasteiger partial charge is 0.486 e. The lowest BCUT2D eigenvalue weighted by molar-refractivity contribution is 0.0811. The predicted molar refractivity (Wildman–Crippen MR) is 92.8 cm³/mol. The first-order valence-electron chi connectivity index (χ1n) is 8.50. The molecule has 11 heteroatoms. The number of hydrogen-bond acceptors (Lipinski definition) is 6. The number of ether oxygens (including phenoxy) is 1. The highest BCUT2D eigenvalue weighted by Gasteiger charge is 2.23. The number of rotatable bonds is 6. The van der Waals surface area contributed by atoms with Crippen LogP contribution in [-0.2, 0) is 13.6 Å². The summed E-state index contributed by atoms with van der Waals surface area (Å²) in [5.74, 6) is 1.01. The third-order valence-corrected chi connectivity index (χ3v) is 4.20. The SMILES string of the molecule is Cn1cnnc1N1CCN(C(=O)NCc2ccncc2OCC(F)F)CC1. The summed E-state index contributed by atoms with van der Waals surface area (Å²) in [6.07, 6.45) is 1.95. The van der Waals surface area contributed by atoms with Crippen molar-refractivity contribution in [1.82, 2.24) is 30.0 Å². The minimum absolute atomic E-state index is 0.170. The molecule has 0 aliphatic carbocycles. The standard InChI is InChI=1S/C16H21F2N7O2/c1-23-11-21-22-15(23)24-4-6-25(7-5-24)16(26)20-8-12-2-3-19-9-13(12)27-10-14(17)18/h2-3,9,11,14H,4-8,10H2,1H3,(H,20,26). The van der Waals surface area contributed by atoms with Gasteiger partial charge in [-0.05, 0) is 6.07 Å². The van der Waals surface area contributed by atoms with Gasteiger partial charge in [0.25, 0.3) is 6.43 Å². The van der Waals surface area contributed by atoms with E-state index < -0.39 is 13.0 Å². The molecular formula is C16H21F2N7O2. The second-order valence-corrected chi connectivity index (χ2v) is 6.06. The molecule has 146 valence electrons. The maximum Gasteiger partial charge on any atom is 0.317 e. The minimum Gasteiger partial charge on any atom is -0.486 e. The number of piperazine rings is 1. The van der Waals surface area contributed by atoms with E-state index in [1.165, 1.54) is 12.4 Å². The number of amides is 2. The molecule has 2 aromatic rings. The van der Waals surface area contributed by atoms with Gasteiger partial charge in [0.1, 0.15) is 18.7 Å². The first-order chi connectivity index (χ1) is 13.0. The number of hydrogen-bond donors (Lipinski definition) is 1. The topological polar surface area (TPSA) is 88.4 Å². The van der Waals surface area contributed by atoms with Crippen molar-refractivity contribution in [3.63, 3.8) is 0 Å². The van der Waals surface area contributed by atoms with E-state index in [0.29, 0.717) is 31.7 Å². The average Bonchev–Trinajstić information content (AvgIpc) is 3.11. The van der Waals surface area contributed by atoms with Crippen LogP contribution in [0.3, 0.4) is 0 Å². The maximum atomic E-state index is 12.4. The van der Waals surface area contributed by atoms with Gasteiger partial charge >= 0.3 is 6.03 Å². The van der Waals surface area contributed by atoms with Crippen LogP contribution in [0.4, 0.5) is 19.5 Å². The van der Waals surface area contributed by atoms with Gasteiger partial charge in [0.2, 0.25) is 5.95 Å². The molecule has 0 unspecified atom stereocenters. The molecule has 3 heterocycles. The maximum absolute atomic E-state index is 12.4. The van der Waals surface area contributed by atoms with Gasteiger partial charge in [-0.1, -0.05) is 0 Å². The van der Waals surface area contributed by atoms with Gasteiger partial charge in [-0.3, -0.25) is 4.98 Å². The Labute approximate surface area is 154 Å². The van der Waals surface area contributed by atoms with E-state index in [0.717, 1.165) is 5.95 Å². The second-order valence-electron chi connectivity index (χ2n) is 6.06. The first kappa shape index (κ1) is 18.8. The van der Waals surface area contributed by atoms with Crippen molar-refractivity contribution < 1.29 is 18.3 Å². The monoisotopic (exact) mass is 381 g/mol. The van der Waals surface area contributed by atoms with Crippen molar-refractivity contribution >= 4 is 12.0 Å². The van der Waals surface area contributed by atoms with Crippen molar-refractivity contribution in [2.75, 3.05) is 37.7 Å². The van der Waals surface area contributed by atoms with Crippen LogP contribution in [0, 0.1) is 0 Å². The van der Waals surface area contributed by atoms with Crippen LogP contribution in [0.15, 0.2) is 24.8 Å². The molecule has 1 aliphatic rings. The molecule has 0 aromatic carbocycles. The summed E-state index contributed by atoms with van der Waals surface area (Å²) in [4.78, 5) is 20.0. The minimum atomic E-state index is -2.57. The van der Waals surface area contributed by atoms with Crippen molar-refractivity contribution in [3.8, 4) is 5.75 Å². The number of alkyl halides is 2. The van der Waals surface area contributed by atoms with Crippen LogP contribution in [0.2, 0.25) is 0 Å². The molecule has 2 aromatic heterocycles. The van der Waals surface area contributed by atoms with Gasteiger partial charge in [0.15, 0.2) is 0 Å². The summed E-state index contributed by atoms with van der Waals surface area (Å²) in [5, 5.41) is 10.7. The molecule has 1 aliphatic heterocycles.